The molecule has 1 heterocycles. The average molecular weight is 174 g/mol. The van der Waals surface area contributed by atoms with E-state index in [1.165, 1.54) is 31.7 Å². The summed E-state index contributed by atoms with van der Waals surface area (Å²) < 4.78 is 0. The molecule has 0 aromatic carbocycles. The molecular formula is C8H18N2S. The molecule has 1 unspecified atom stereocenters. The first kappa shape index (κ1) is 9.36. The van der Waals surface area contributed by atoms with Crippen molar-refractivity contribution < 1.29 is 0 Å². The van der Waals surface area contributed by atoms with Gasteiger partial charge in [0.25, 0.3) is 0 Å². The summed E-state index contributed by atoms with van der Waals surface area (Å²) in [6, 6.07) is 0. The Balaban J connectivity index is 1.96. The van der Waals surface area contributed by atoms with Crippen LogP contribution < -0.4 is 10.6 Å². The highest BCUT2D eigenvalue weighted by atomic mass is 32.2. The topological polar surface area (TPSA) is 24.1 Å². The molecule has 0 amide bonds. The number of rotatable bonds is 4. The second-order valence-electron chi connectivity index (χ2n) is 2.94. The van der Waals surface area contributed by atoms with Crippen LogP contribution in [-0.4, -0.2) is 37.7 Å². The van der Waals surface area contributed by atoms with E-state index in [9.17, 15) is 0 Å². The Morgan fingerprint density at radius 1 is 1.64 bits per heavy atom. The Morgan fingerprint density at radius 2 is 2.55 bits per heavy atom. The van der Waals surface area contributed by atoms with E-state index in [1.807, 2.05) is 7.05 Å². The molecule has 0 radical (unpaired) electrons. The van der Waals surface area contributed by atoms with E-state index in [-0.39, 0.29) is 0 Å². The Kier molecular flexibility index (Phi) is 4.99. The zero-order chi connectivity index (χ0) is 7.94. The van der Waals surface area contributed by atoms with Crippen LogP contribution in [0.5, 0.6) is 0 Å². The minimum atomic E-state index is 0.872. The lowest BCUT2D eigenvalue weighted by Crippen LogP contribution is -2.32. The van der Waals surface area contributed by atoms with Crippen molar-refractivity contribution in [2.24, 2.45) is 0 Å². The summed E-state index contributed by atoms with van der Waals surface area (Å²) in [4.78, 5) is 0. The molecule has 0 bridgehead atoms. The molecule has 11 heavy (non-hydrogen) atoms. The molecule has 2 nitrogen and oxygen atoms in total. The first-order valence-corrected chi connectivity index (χ1v) is 5.45. The minimum absolute atomic E-state index is 0.872. The second kappa shape index (κ2) is 5.86. The van der Waals surface area contributed by atoms with Gasteiger partial charge in [0.2, 0.25) is 0 Å². The van der Waals surface area contributed by atoms with E-state index in [2.05, 4.69) is 22.4 Å². The van der Waals surface area contributed by atoms with Gasteiger partial charge in [-0.15, -0.1) is 0 Å². The third kappa shape index (κ3) is 3.99. The Morgan fingerprint density at radius 3 is 3.18 bits per heavy atom. The lowest BCUT2D eigenvalue weighted by Gasteiger charge is -2.21. The molecule has 3 heteroatoms. The fraction of sp³-hybridized carbons (Fsp3) is 1.00. The highest BCUT2D eigenvalue weighted by Gasteiger charge is 2.11. The van der Waals surface area contributed by atoms with E-state index in [0.717, 1.165) is 11.8 Å². The van der Waals surface area contributed by atoms with Gasteiger partial charge in [-0.1, -0.05) is 0 Å². The first-order valence-electron chi connectivity index (χ1n) is 4.40. The summed E-state index contributed by atoms with van der Waals surface area (Å²) >= 11 is 2.12. The summed E-state index contributed by atoms with van der Waals surface area (Å²) in [6.07, 6.45) is 2.67. The number of nitrogens with one attached hydrogen (secondary N) is 2. The molecule has 0 aromatic rings. The maximum Gasteiger partial charge on any atom is 0.0173 e. The van der Waals surface area contributed by atoms with E-state index >= 15 is 0 Å². The molecule has 1 saturated heterocycles. The number of thioether (sulfide) groups is 1. The van der Waals surface area contributed by atoms with Gasteiger partial charge in [-0.05, 0) is 26.4 Å². The van der Waals surface area contributed by atoms with E-state index in [1.54, 1.807) is 0 Å². The Hall–Kier alpha value is 0.270. The van der Waals surface area contributed by atoms with Crippen molar-refractivity contribution in [3.05, 3.63) is 0 Å². The van der Waals surface area contributed by atoms with Gasteiger partial charge in [0.15, 0.2) is 0 Å². The third-order valence-corrected chi connectivity index (χ3v) is 3.27. The molecular weight excluding hydrogens is 156 g/mol. The molecule has 2 N–H and O–H groups in total. The van der Waals surface area contributed by atoms with Crippen LogP contribution in [0.2, 0.25) is 0 Å². The maximum atomic E-state index is 3.42. The Labute approximate surface area is 73.5 Å². The predicted octanol–water partition coefficient (Wildman–Crippen LogP) is 0.691. The van der Waals surface area contributed by atoms with Gasteiger partial charge in [0, 0.05) is 24.1 Å². The molecule has 0 saturated carbocycles. The monoisotopic (exact) mass is 174 g/mol. The van der Waals surface area contributed by atoms with Crippen LogP contribution in [0.4, 0.5) is 0 Å². The van der Waals surface area contributed by atoms with Crippen LogP contribution in [0.1, 0.15) is 12.8 Å². The molecule has 0 spiro atoms. The highest BCUT2D eigenvalue weighted by Crippen LogP contribution is 2.17. The number of hydrogen-bond acceptors (Lipinski definition) is 3. The smallest absolute Gasteiger partial charge is 0.0173 e. The SMILES string of the molecule is CNCCCC1CNCCS1. The standard InChI is InChI=1S/C8H18N2S/c1-9-4-2-3-8-7-10-5-6-11-8/h8-10H,2-7H2,1H3. The van der Waals surface area contributed by atoms with E-state index in [0.29, 0.717) is 0 Å². The zero-order valence-electron chi connectivity index (χ0n) is 7.23. The van der Waals surface area contributed by atoms with E-state index in [4.69, 9.17) is 0 Å². The van der Waals surface area contributed by atoms with Gasteiger partial charge in [-0.3, -0.25) is 0 Å². The third-order valence-electron chi connectivity index (χ3n) is 1.96. The van der Waals surface area contributed by atoms with Crippen molar-refractivity contribution in [2.75, 3.05) is 32.4 Å². The summed E-state index contributed by atoms with van der Waals surface area (Å²) in [6.45, 7) is 3.58. The van der Waals surface area contributed by atoms with Crippen LogP contribution in [0.25, 0.3) is 0 Å². The molecule has 66 valence electrons. The quantitative estimate of drug-likeness (QED) is 0.613. The average Bonchev–Trinajstić information content (AvgIpc) is 2.07. The van der Waals surface area contributed by atoms with Gasteiger partial charge in [0.1, 0.15) is 0 Å². The van der Waals surface area contributed by atoms with Gasteiger partial charge in [0.05, 0.1) is 0 Å². The predicted molar refractivity (Wildman–Crippen MR) is 52.3 cm³/mol. The maximum absolute atomic E-state index is 3.42. The molecule has 1 aliphatic rings. The normalized spacial score (nSPS) is 25.4. The van der Waals surface area contributed by atoms with Crippen molar-refractivity contribution in [3.63, 3.8) is 0 Å². The van der Waals surface area contributed by atoms with Crippen molar-refractivity contribution in [2.45, 2.75) is 18.1 Å². The van der Waals surface area contributed by atoms with Crippen molar-refractivity contribution >= 4 is 11.8 Å². The van der Waals surface area contributed by atoms with Crippen molar-refractivity contribution in [3.8, 4) is 0 Å². The molecule has 0 aliphatic carbocycles. The number of hydrogen-bond donors (Lipinski definition) is 2. The van der Waals surface area contributed by atoms with Crippen LogP contribution in [0.15, 0.2) is 0 Å². The van der Waals surface area contributed by atoms with Crippen LogP contribution in [-0.2, 0) is 0 Å². The van der Waals surface area contributed by atoms with Gasteiger partial charge < -0.3 is 10.6 Å². The second-order valence-corrected chi connectivity index (χ2v) is 4.35. The largest absolute Gasteiger partial charge is 0.320 e. The lowest BCUT2D eigenvalue weighted by atomic mass is 10.2. The van der Waals surface area contributed by atoms with Crippen LogP contribution in [0.3, 0.4) is 0 Å². The molecule has 0 aromatic heterocycles. The van der Waals surface area contributed by atoms with Crippen LogP contribution in [0, 0.1) is 0 Å². The van der Waals surface area contributed by atoms with Gasteiger partial charge >= 0.3 is 0 Å². The fourth-order valence-electron chi connectivity index (χ4n) is 1.31. The minimum Gasteiger partial charge on any atom is -0.320 e. The van der Waals surface area contributed by atoms with Gasteiger partial charge in [-0.25, -0.2) is 0 Å². The molecule has 1 fully saturated rings. The Bertz CT molecular complexity index is 92.1. The zero-order valence-corrected chi connectivity index (χ0v) is 8.04. The fourth-order valence-corrected chi connectivity index (χ4v) is 2.48. The van der Waals surface area contributed by atoms with Gasteiger partial charge in [-0.2, -0.15) is 11.8 Å². The highest BCUT2D eigenvalue weighted by molar-refractivity contribution is 8.00. The summed E-state index contributed by atoms with van der Waals surface area (Å²) in [5.41, 5.74) is 0. The molecule has 1 rings (SSSR count). The lowest BCUT2D eigenvalue weighted by molar-refractivity contribution is 0.600. The van der Waals surface area contributed by atoms with Crippen LogP contribution >= 0.6 is 11.8 Å². The van der Waals surface area contributed by atoms with Crippen molar-refractivity contribution in [1.82, 2.24) is 10.6 Å². The summed E-state index contributed by atoms with van der Waals surface area (Å²) in [5.74, 6) is 1.30. The van der Waals surface area contributed by atoms with E-state index < -0.39 is 0 Å². The van der Waals surface area contributed by atoms with Crippen molar-refractivity contribution in [1.29, 1.82) is 0 Å². The molecule has 1 aliphatic heterocycles. The first-order chi connectivity index (χ1) is 5.43. The summed E-state index contributed by atoms with van der Waals surface area (Å²) in [7, 11) is 2.02. The summed E-state index contributed by atoms with van der Waals surface area (Å²) in [5, 5.41) is 7.47. The molecule has 1 atom stereocenters.